The minimum Gasteiger partial charge on any atom is -0.447 e. The summed E-state index contributed by atoms with van der Waals surface area (Å²) >= 11 is 0. The maximum atomic E-state index is 11.8. The van der Waals surface area contributed by atoms with Gasteiger partial charge in [-0.3, -0.25) is 0 Å². The number of carbonyl (C=O) groups excluding carboxylic acids is 1. The number of aryl methyl sites for hydroxylation is 1. The Labute approximate surface area is 126 Å². The molecule has 1 aromatic carbocycles. The molecule has 0 aliphatic carbocycles. The minimum absolute atomic E-state index is 0.243. The first-order chi connectivity index (χ1) is 10.2. The SMILES string of the molecule is CCc1ccc(N2CCN(C(=O)OCCOC)CC2)cc1. The van der Waals surface area contributed by atoms with E-state index in [1.54, 1.807) is 12.0 Å². The molecular weight excluding hydrogens is 268 g/mol. The summed E-state index contributed by atoms with van der Waals surface area (Å²) in [6.45, 7) is 5.98. The first-order valence-corrected chi connectivity index (χ1v) is 7.49. The molecule has 0 unspecified atom stereocenters. The summed E-state index contributed by atoms with van der Waals surface area (Å²) < 4.78 is 10.0. The molecule has 0 radical (unpaired) electrons. The van der Waals surface area contributed by atoms with Gasteiger partial charge in [-0.1, -0.05) is 19.1 Å². The Bertz CT molecular complexity index is 439. The van der Waals surface area contributed by atoms with Crippen molar-refractivity contribution in [2.75, 3.05) is 51.4 Å². The van der Waals surface area contributed by atoms with Crippen LogP contribution in [0.5, 0.6) is 0 Å². The van der Waals surface area contributed by atoms with Crippen molar-refractivity contribution in [1.29, 1.82) is 0 Å². The highest BCUT2D eigenvalue weighted by Crippen LogP contribution is 2.17. The number of amides is 1. The first-order valence-electron chi connectivity index (χ1n) is 7.49. The van der Waals surface area contributed by atoms with Gasteiger partial charge >= 0.3 is 6.09 Å². The van der Waals surface area contributed by atoms with Crippen molar-refractivity contribution in [3.05, 3.63) is 29.8 Å². The van der Waals surface area contributed by atoms with Crippen LogP contribution >= 0.6 is 0 Å². The molecule has 0 saturated carbocycles. The van der Waals surface area contributed by atoms with Crippen LogP contribution in [0.3, 0.4) is 0 Å². The van der Waals surface area contributed by atoms with E-state index in [1.807, 2.05) is 0 Å². The molecule has 1 heterocycles. The fourth-order valence-corrected chi connectivity index (χ4v) is 2.39. The largest absolute Gasteiger partial charge is 0.447 e. The van der Waals surface area contributed by atoms with E-state index >= 15 is 0 Å². The van der Waals surface area contributed by atoms with E-state index in [1.165, 1.54) is 11.3 Å². The molecule has 0 spiro atoms. The summed E-state index contributed by atoms with van der Waals surface area (Å²) in [5.41, 5.74) is 2.57. The summed E-state index contributed by atoms with van der Waals surface area (Å²) in [6.07, 6.45) is 0.814. The van der Waals surface area contributed by atoms with Crippen LogP contribution in [-0.2, 0) is 15.9 Å². The molecule has 1 aliphatic rings. The van der Waals surface area contributed by atoms with Crippen molar-refractivity contribution in [1.82, 2.24) is 4.90 Å². The number of ether oxygens (including phenoxy) is 2. The molecule has 1 saturated heterocycles. The molecule has 0 aromatic heterocycles. The number of nitrogens with zero attached hydrogens (tertiary/aromatic N) is 2. The highest BCUT2D eigenvalue weighted by Gasteiger charge is 2.22. The zero-order chi connectivity index (χ0) is 15.1. The van der Waals surface area contributed by atoms with Gasteiger partial charge in [-0.2, -0.15) is 0 Å². The Morgan fingerprint density at radius 1 is 1.10 bits per heavy atom. The van der Waals surface area contributed by atoms with E-state index in [0.29, 0.717) is 26.3 Å². The van der Waals surface area contributed by atoms with Crippen LogP contribution in [0.1, 0.15) is 12.5 Å². The predicted octanol–water partition coefficient (Wildman–Crippen LogP) is 2.15. The molecule has 0 N–H and O–H groups in total. The smallest absolute Gasteiger partial charge is 0.409 e. The number of methoxy groups -OCH3 is 1. The maximum Gasteiger partial charge on any atom is 0.409 e. The second-order valence-electron chi connectivity index (χ2n) is 5.10. The molecule has 21 heavy (non-hydrogen) atoms. The molecule has 0 bridgehead atoms. The third-order valence-electron chi connectivity index (χ3n) is 3.76. The Balaban J connectivity index is 1.80. The van der Waals surface area contributed by atoms with Crippen LogP contribution < -0.4 is 4.90 Å². The van der Waals surface area contributed by atoms with Gasteiger partial charge in [0.15, 0.2) is 0 Å². The molecular formula is C16H24N2O3. The van der Waals surface area contributed by atoms with Gasteiger partial charge in [0.2, 0.25) is 0 Å². The van der Waals surface area contributed by atoms with Crippen molar-refractivity contribution >= 4 is 11.8 Å². The molecule has 2 rings (SSSR count). The summed E-state index contributed by atoms with van der Waals surface area (Å²) in [6, 6.07) is 8.65. The van der Waals surface area contributed by atoms with Gasteiger partial charge in [0.1, 0.15) is 6.61 Å². The van der Waals surface area contributed by atoms with Crippen molar-refractivity contribution in [2.45, 2.75) is 13.3 Å². The third-order valence-corrected chi connectivity index (χ3v) is 3.76. The summed E-state index contributed by atoms with van der Waals surface area (Å²) in [5, 5.41) is 0. The summed E-state index contributed by atoms with van der Waals surface area (Å²) in [5.74, 6) is 0. The normalized spacial score (nSPS) is 15.1. The van der Waals surface area contributed by atoms with Crippen molar-refractivity contribution in [3.63, 3.8) is 0 Å². The Kier molecular flexibility index (Phi) is 5.87. The molecule has 0 atom stereocenters. The van der Waals surface area contributed by atoms with Gasteiger partial charge in [-0.05, 0) is 24.1 Å². The van der Waals surface area contributed by atoms with Crippen LogP contribution in [0.2, 0.25) is 0 Å². The molecule has 1 fully saturated rings. The zero-order valence-electron chi connectivity index (χ0n) is 12.9. The fraction of sp³-hybridized carbons (Fsp3) is 0.562. The first kappa shape index (κ1) is 15.6. The topological polar surface area (TPSA) is 42.0 Å². The lowest BCUT2D eigenvalue weighted by molar-refractivity contribution is 0.0705. The number of benzene rings is 1. The van der Waals surface area contributed by atoms with Crippen LogP contribution in [0.15, 0.2) is 24.3 Å². The minimum atomic E-state index is -0.243. The van der Waals surface area contributed by atoms with E-state index in [4.69, 9.17) is 9.47 Å². The third kappa shape index (κ3) is 4.36. The van der Waals surface area contributed by atoms with E-state index in [-0.39, 0.29) is 6.09 Å². The van der Waals surface area contributed by atoms with Gasteiger partial charge in [-0.15, -0.1) is 0 Å². The Morgan fingerprint density at radius 3 is 2.33 bits per heavy atom. The Morgan fingerprint density at radius 2 is 1.76 bits per heavy atom. The fourth-order valence-electron chi connectivity index (χ4n) is 2.39. The number of hydrogen-bond acceptors (Lipinski definition) is 4. The lowest BCUT2D eigenvalue weighted by Gasteiger charge is -2.35. The highest BCUT2D eigenvalue weighted by molar-refractivity contribution is 5.68. The highest BCUT2D eigenvalue weighted by atomic mass is 16.6. The zero-order valence-corrected chi connectivity index (χ0v) is 12.9. The van der Waals surface area contributed by atoms with Crippen LogP contribution in [0.4, 0.5) is 10.5 Å². The van der Waals surface area contributed by atoms with Crippen molar-refractivity contribution in [2.24, 2.45) is 0 Å². The molecule has 5 heteroatoms. The second kappa shape index (κ2) is 7.88. The van der Waals surface area contributed by atoms with Crippen molar-refractivity contribution in [3.8, 4) is 0 Å². The lowest BCUT2D eigenvalue weighted by atomic mass is 10.1. The lowest BCUT2D eigenvalue weighted by Crippen LogP contribution is -2.49. The molecule has 1 aromatic rings. The van der Waals surface area contributed by atoms with Gasteiger partial charge in [0, 0.05) is 39.0 Å². The standard InChI is InChI=1S/C16H24N2O3/c1-3-14-4-6-15(7-5-14)17-8-10-18(11-9-17)16(19)21-13-12-20-2/h4-7H,3,8-13H2,1-2H3. The predicted molar refractivity (Wildman–Crippen MR) is 82.8 cm³/mol. The van der Waals surface area contributed by atoms with Gasteiger partial charge in [-0.25, -0.2) is 4.79 Å². The van der Waals surface area contributed by atoms with E-state index in [2.05, 4.69) is 36.1 Å². The average Bonchev–Trinajstić information content (AvgIpc) is 2.55. The second-order valence-corrected chi connectivity index (χ2v) is 5.10. The number of rotatable bonds is 5. The van der Waals surface area contributed by atoms with Gasteiger partial charge in [0.25, 0.3) is 0 Å². The van der Waals surface area contributed by atoms with Crippen LogP contribution in [0, 0.1) is 0 Å². The van der Waals surface area contributed by atoms with Crippen LogP contribution in [0.25, 0.3) is 0 Å². The number of carbonyl (C=O) groups is 1. The summed E-state index contributed by atoms with van der Waals surface area (Å²) in [4.78, 5) is 15.9. The van der Waals surface area contributed by atoms with Gasteiger partial charge in [0.05, 0.1) is 6.61 Å². The number of anilines is 1. The van der Waals surface area contributed by atoms with Crippen LogP contribution in [-0.4, -0.2) is 57.5 Å². The summed E-state index contributed by atoms with van der Waals surface area (Å²) in [7, 11) is 1.59. The quantitative estimate of drug-likeness (QED) is 0.780. The molecule has 5 nitrogen and oxygen atoms in total. The average molecular weight is 292 g/mol. The number of piperazine rings is 1. The monoisotopic (exact) mass is 292 g/mol. The molecule has 1 aliphatic heterocycles. The van der Waals surface area contributed by atoms with Gasteiger partial charge < -0.3 is 19.3 Å². The van der Waals surface area contributed by atoms with E-state index < -0.39 is 0 Å². The number of hydrogen-bond donors (Lipinski definition) is 0. The van der Waals surface area contributed by atoms with Crippen molar-refractivity contribution < 1.29 is 14.3 Å². The maximum absolute atomic E-state index is 11.8. The van der Waals surface area contributed by atoms with E-state index in [9.17, 15) is 4.79 Å². The Hall–Kier alpha value is -1.75. The molecule has 116 valence electrons. The van der Waals surface area contributed by atoms with E-state index in [0.717, 1.165) is 19.5 Å². The molecule has 1 amide bonds.